The van der Waals surface area contributed by atoms with E-state index in [0.29, 0.717) is 0 Å². The number of benzene rings is 1. The van der Waals surface area contributed by atoms with Crippen LogP contribution < -0.4 is 0 Å². The van der Waals surface area contributed by atoms with Gasteiger partial charge in [0.05, 0.1) is 0 Å². The molecule has 39 heavy (non-hydrogen) atoms. The average Bonchev–Trinajstić information content (AvgIpc) is 3.06. The zero-order valence-electron chi connectivity index (χ0n) is 23.5. The molecule has 0 amide bonds. The minimum atomic E-state index is -10.7. The maximum atomic E-state index is 9.87. The van der Waals surface area contributed by atoms with Crippen LogP contribution >= 0.6 is 7.81 Å². The van der Waals surface area contributed by atoms with Crippen molar-refractivity contribution in [1.29, 1.82) is 11.1 Å². The summed E-state index contributed by atoms with van der Waals surface area (Å²) in [5, 5.41) is 0. The fourth-order valence-electron chi connectivity index (χ4n) is 3.26. The summed E-state index contributed by atoms with van der Waals surface area (Å²) in [4.78, 5) is 1.53. The van der Waals surface area contributed by atoms with Crippen LogP contribution in [0.15, 0.2) is 34.1 Å². The minimum absolute atomic E-state index is 0. The van der Waals surface area contributed by atoms with E-state index in [9.17, 15) is 25.2 Å². The van der Waals surface area contributed by atoms with Gasteiger partial charge in [0, 0.05) is 0 Å². The third-order valence-corrected chi connectivity index (χ3v) is 7.32. The maximum Gasteiger partial charge on any atom is 3.00 e. The van der Waals surface area contributed by atoms with Crippen molar-refractivity contribution in [2.24, 2.45) is 0 Å². The molecule has 2 nitrogen and oxygen atoms in total. The SMILES string of the molecule is Cc1c(C)c(C)[c-](C)c1C.Cc1c(C)c(C)[c-](C)c1C.F[P-](F)(F)(F)(F)F.N=N.[Fe+2].[Fe+3].[S-]c1ccccc1[S-]. The normalized spacial score (nSPS) is 11.5. The van der Waals surface area contributed by atoms with E-state index in [2.05, 4.69) is 69.2 Å². The topological polar surface area (TPSA) is 47.7 Å². The summed E-state index contributed by atoms with van der Waals surface area (Å²) < 4.78 is 59.2. The molecule has 0 saturated carbocycles. The molecule has 3 aromatic carbocycles. The number of rotatable bonds is 0. The largest absolute Gasteiger partial charge is 3.00 e. The molecule has 0 unspecified atom stereocenters. The van der Waals surface area contributed by atoms with Crippen molar-refractivity contribution in [3.8, 4) is 0 Å². The van der Waals surface area contributed by atoms with Gasteiger partial charge in [-0.2, -0.15) is 65.4 Å². The Morgan fingerprint density at radius 3 is 0.795 bits per heavy atom. The third-order valence-electron chi connectivity index (χ3n) is 6.47. The predicted molar refractivity (Wildman–Crippen MR) is 148 cm³/mol. The molecular weight excluding hydrogens is 661 g/mol. The predicted octanol–water partition coefficient (Wildman–Crippen LogP) is 11.4. The summed E-state index contributed by atoms with van der Waals surface area (Å²) in [5.41, 5.74) is 24.7. The molecule has 0 aromatic heterocycles. The molecule has 0 aliphatic rings. The van der Waals surface area contributed by atoms with Gasteiger partial charge in [0.25, 0.3) is 0 Å². The molecule has 0 heterocycles. The maximum absolute atomic E-state index is 10.7. The first-order chi connectivity index (χ1) is 16.4. The van der Waals surface area contributed by atoms with Crippen LogP contribution in [0.3, 0.4) is 0 Å². The first kappa shape index (κ1) is 45.0. The second-order valence-corrected chi connectivity index (χ2v) is 11.5. The van der Waals surface area contributed by atoms with E-state index >= 15 is 0 Å². The van der Waals surface area contributed by atoms with Crippen molar-refractivity contribution >= 4 is 33.1 Å². The quantitative estimate of drug-likeness (QED) is 0.0614. The fourth-order valence-corrected chi connectivity index (χ4v) is 3.56. The Morgan fingerprint density at radius 2 is 0.718 bits per heavy atom. The third kappa shape index (κ3) is 18.1. The number of halogens is 6. The van der Waals surface area contributed by atoms with Crippen molar-refractivity contribution in [2.75, 3.05) is 0 Å². The Labute approximate surface area is 261 Å². The van der Waals surface area contributed by atoms with E-state index < -0.39 is 7.81 Å². The van der Waals surface area contributed by atoms with Crippen molar-refractivity contribution in [1.82, 2.24) is 0 Å². The van der Waals surface area contributed by atoms with Crippen LogP contribution in [0.5, 0.6) is 0 Å². The van der Waals surface area contributed by atoms with Crippen molar-refractivity contribution in [2.45, 2.75) is 79.0 Å². The molecule has 0 spiro atoms. The van der Waals surface area contributed by atoms with Crippen LogP contribution in [0.2, 0.25) is 0 Å². The fraction of sp³-hybridized carbons (Fsp3) is 0.385. The summed E-state index contributed by atoms with van der Waals surface area (Å²) in [7, 11) is -10.7. The molecule has 0 saturated heterocycles. The van der Waals surface area contributed by atoms with Crippen LogP contribution in [0.25, 0.3) is 0 Å². The van der Waals surface area contributed by atoms with Crippen molar-refractivity contribution in [3.63, 3.8) is 0 Å². The molecule has 0 atom stereocenters. The van der Waals surface area contributed by atoms with E-state index in [0.717, 1.165) is 9.79 Å². The van der Waals surface area contributed by atoms with Gasteiger partial charge in [-0.05, 0) is 0 Å². The van der Waals surface area contributed by atoms with Gasteiger partial charge in [0.2, 0.25) is 0 Å². The van der Waals surface area contributed by atoms with Gasteiger partial charge in [-0.3, -0.25) is 0 Å². The van der Waals surface area contributed by atoms with Gasteiger partial charge in [-0.15, -0.1) is 0 Å². The summed E-state index contributed by atoms with van der Waals surface area (Å²) in [6, 6.07) is 7.44. The van der Waals surface area contributed by atoms with Crippen LogP contribution in [0.4, 0.5) is 25.2 Å². The smallest absolute Gasteiger partial charge is 0.781 e. The Kier molecular flexibility index (Phi) is 19.0. The second kappa shape index (κ2) is 16.5. The molecule has 0 bridgehead atoms. The van der Waals surface area contributed by atoms with E-state index in [-0.39, 0.29) is 34.1 Å². The summed E-state index contributed by atoms with van der Waals surface area (Å²) in [5.74, 6) is 0. The Morgan fingerprint density at radius 1 is 0.564 bits per heavy atom. The van der Waals surface area contributed by atoms with Gasteiger partial charge in [0.1, 0.15) is 0 Å². The van der Waals surface area contributed by atoms with Gasteiger partial charge >= 0.3 is 67.1 Å². The first-order valence-corrected chi connectivity index (χ1v) is 13.8. The second-order valence-electron chi connectivity index (χ2n) is 8.66. The van der Waals surface area contributed by atoms with E-state index in [1.165, 1.54) is 55.6 Å². The minimum Gasteiger partial charge on any atom is -0.781 e. The number of hydrogen-bond acceptors (Lipinski definition) is 4. The molecule has 3 rings (SSSR count). The zero-order chi connectivity index (χ0) is 30.2. The summed E-state index contributed by atoms with van der Waals surface area (Å²) in [6.07, 6.45) is 0. The molecule has 3 aromatic rings. The molecule has 2 N–H and O–H groups in total. The van der Waals surface area contributed by atoms with E-state index in [4.69, 9.17) is 36.3 Å². The Balaban J connectivity index is -0.000000203. The van der Waals surface area contributed by atoms with Crippen LogP contribution in [0.1, 0.15) is 55.6 Å². The number of hydrogen-bond donors (Lipinski definition) is 2. The monoisotopic (exact) mass is 697 g/mol. The van der Waals surface area contributed by atoms with E-state index in [1.807, 2.05) is 24.3 Å². The van der Waals surface area contributed by atoms with Crippen molar-refractivity contribution < 1.29 is 59.3 Å². The van der Waals surface area contributed by atoms with Gasteiger partial charge in [-0.1, -0.05) is 93.5 Å². The van der Waals surface area contributed by atoms with Crippen LogP contribution in [-0.4, -0.2) is 0 Å². The van der Waals surface area contributed by atoms with Gasteiger partial charge in [0.15, 0.2) is 0 Å². The van der Waals surface area contributed by atoms with Crippen molar-refractivity contribution in [3.05, 3.63) is 79.9 Å². The average molecular weight is 697 g/mol. The van der Waals surface area contributed by atoms with Gasteiger partial charge < -0.3 is 25.3 Å². The molecule has 1 radical (unpaired) electrons. The van der Waals surface area contributed by atoms with Crippen LogP contribution in [-0.2, 0) is 59.4 Å². The number of nitrogens with one attached hydrogen (secondary N) is 2. The summed E-state index contributed by atoms with van der Waals surface area (Å²) in [6.45, 7) is 22.0. The molecule has 0 aliphatic carbocycles. The molecule has 225 valence electrons. The Hall–Kier alpha value is -0.991. The molecular formula is C26H36F6Fe2N2PS2. The standard InChI is InChI=1S/2C10H15.C6H6S2.F6P.2Fe.H2N2/c2*1-6-7(2)9(4)10(5)8(6)3;7-5-3-1-2-4-6(5)8;1-7(2,3,4,5)6;;;1-2/h2*1-5H3;1-4,7-8H;;;;1-2H/q2*-1;;-1;+2;+3;/p-2. The van der Waals surface area contributed by atoms with Crippen LogP contribution in [0, 0.1) is 80.3 Å². The Bertz CT molecular complexity index is 944. The molecule has 0 aliphatic heterocycles. The van der Waals surface area contributed by atoms with Gasteiger partial charge in [-0.25, -0.2) is 11.1 Å². The first-order valence-electron chi connectivity index (χ1n) is 11.0. The molecule has 13 heteroatoms. The zero-order valence-corrected chi connectivity index (χ0v) is 28.3. The summed E-state index contributed by atoms with van der Waals surface area (Å²) >= 11 is 9.70. The molecule has 0 fully saturated rings. The van der Waals surface area contributed by atoms with E-state index in [1.54, 1.807) is 0 Å².